The zero-order valence-electron chi connectivity index (χ0n) is 16.4. The smallest absolute Gasteiger partial charge is 0.227 e. The van der Waals surface area contributed by atoms with Crippen LogP contribution in [0.5, 0.6) is 0 Å². The number of imidazole rings is 1. The number of aromatic nitrogens is 2. The van der Waals surface area contributed by atoms with Gasteiger partial charge in [0.15, 0.2) is 0 Å². The van der Waals surface area contributed by atoms with Crippen molar-refractivity contribution < 1.29 is 8.42 Å². The zero-order chi connectivity index (χ0) is 19.2. The van der Waals surface area contributed by atoms with Gasteiger partial charge in [0.2, 0.25) is 15.0 Å². The molecule has 5 nitrogen and oxygen atoms in total. The molecule has 0 saturated heterocycles. The van der Waals surface area contributed by atoms with Crippen molar-refractivity contribution in [3.8, 4) is 0 Å². The second kappa shape index (κ2) is 9.33. The van der Waals surface area contributed by atoms with Crippen molar-refractivity contribution in [2.24, 2.45) is 0 Å². The molecule has 0 fully saturated rings. The first-order valence-corrected chi connectivity index (χ1v) is 11.1. The van der Waals surface area contributed by atoms with Gasteiger partial charge in [0.05, 0.1) is 17.6 Å². The van der Waals surface area contributed by atoms with Crippen molar-refractivity contribution in [2.75, 3.05) is 12.8 Å². The van der Waals surface area contributed by atoms with Gasteiger partial charge in [-0.05, 0) is 31.0 Å². The Hall–Kier alpha value is -1.66. The highest BCUT2D eigenvalue weighted by Crippen LogP contribution is 2.17. The quantitative estimate of drug-likeness (QED) is 0.634. The fourth-order valence-corrected chi connectivity index (χ4v) is 3.99. The van der Waals surface area contributed by atoms with E-state index >= 15 is 0 Å². The van der Waals surface area contributed by atoms with Crippen LogP contribution in [0.15, 0.2) is 35.6 Å². The Kier molecular flexibility index (Phi) is 7.41. The summed E-state index contributed by atoms with van der Waals surface area (Å²) in [5.74, 6) is 0.0786. The van der Waals surface area contributed by atoms with E-state index in [1.807, 2.05) is 4.57 Å². The van der Waals surface area contributed by atoms with E-state index in [4.69, 9.17) is 0 Å². The maximum Gasteiger partial charge on any atom is 0.227 e. The number of aryl methyl sites for hydroxylation is 1. The molecule has 2 rings (SSSR count). The van der Waals surface area contributed by atoms with E-state index in [1.165, 1.54) is 11.1 Å². The zero-order valence-corrected chi connectivity index (χ0v) is 17.2. The molecular formula is C20H31N3O2S. The molecule has 0 aliphatic heterocycles. The van der Waals surface area contributed by atoms with Crippen LogP contribution >= 0.6 is 0 Å². The van der Waals surface area contributed by atoms with E-state index in [0.717, 1.165) is 31.5 Å². The van der Waals surface area contributed by atoms with Gasteiger partial charge in [0, 0.05) is 19.6 Å². The molecule has 0 aliphatic carbocycles. The fourth-order valence-electron chi connectivity index (χ4n) is 2.98. The number of nitrogens with zero attached hydrogens (tertiary/aromatic N) is 3. The van der Waals surface area contributed by atoms with Crippen LogP contribution in [-0.2, 0) is 35.9 Å². The molecule has 0 bridgehead atoms. The minimum atomic E-state index is -3.31. The molecular weight excluding hydrogens is 346 g/mol. The molecule has 1 aromatic heterocycles. The minimum Gasteiger partial charge on any atom is -0.318 e. The van der Waals surface area contributed by atoms with Crippen LogP contribution in [0.25, 0.3) is 0 Å². The average Bonchev–Trinajstić information content (AvgIpc) is 3.03. The van der Waals surface area contributed by atoms with Crippen LogP contribution < -0.4 is 0 Å². The number of benzene rings is 1. The van der Waals surface area contributed by atoms with Crippen LogP contribution in [0.3, 0.4) is 0 Å². The highest BCUT2D eigenvalue weighted by molar-refractivity contribution is 7.91. The number of hydrogen-bond donors (Lipinski definition) is 0. The standard InChI is InChI=1S/C20H31N3O2S/c1-5-8-13-23-19(14-21-20(23)26(24,25)7-3)16-22(4)15-18-11-9-17(6-2)10-12-18/h9-12,14H,5-8,13,15-16H2,1-4H3. The van der Waals surface area contributed by atoms with Crippen LogP contribution in [0, 0.1) is 0 Å². The summed E-state index contributed by atoms with van der Waals surface area (Å²) in [6.45, 7) is 8.11. The Morgan fingerprint density at radius 2 is 1.69 bits per heavy atom. The lowest BCUT2D eigenvalue weighted by Crippen LogP contribution is -2.21. The van der Waals surface area contributed by atoms with Gasteiger partial charge in [-0.25, -0.2) is 13.4 Å². The molecule has 2 aromatic rings. The third-order valence-electron chi connectivity index (χ3n) is 4.61. The normalized spacial score (nSPS) is 12.0. The number of rotatable bonds is 10. The van der Waals surface area contributed by atoms with Crippen molar-refractivity contribution >= 4 is 9.84 Å². The van der Waals surface area contributed by atoms with E-state index in [-0.39, 0.29) is 10.9 Å². The molecule has 0 aliphatic rings. The first kappa shape index (κ1) is 20.6. The minimum absolute atomic E-state index is 0.0786. The molecule has 144 valence electrons. The SMILES string of the molecule is CCCCn1c(CN(C)Cc2ccc(CC)cc2)cnc1S(=O)(=O)CC. The summed E-state index contributed by atoms with van der Waals surface area (Å²) in [7, 11) is -1.25. The Morgan fingerprint density at radius 1 is 1.04 bits per heavy atom. The molecule has 6 heteroatoms. The fraction of sp³-hybridized carbons (Fsp3) is 0.550. The molecule has 0 radical (unpaired) electrons. The van der Waals surface area contributed by atoms with E-state index in [1.54, 1.807) is 13.1 Å². The second-order valence-electron chi connectivity index (χ2n) is 6.78. The lowest BCUT2D eigenvalue weighted by atomic mass is 10.1. The van der Waals surface area contributed by atoms with Gasteiger partial charge in [-0.15, -0.1) is 0 Å². The summed E-state index contributed by atoms with van der Waals surface area (Å²) in [5, 5.41) is 0.212. The molecule has 1 heterocycles. The summed E-state index contributed by atoms with van der Waals surface area (Å²) in [5.41, 5.74) is 3.55. The second-order valence-corrected chi connectivity index (χ2v) is 8.96. The summed E-state index contributed by atoms with van der Waals surface area (Å²) in [4.78, 5) is 6.44. The van der Waals surface area contributed by atoms with Gasteiger partial charge >= 0.3 is 0 Å². The van der Waals surface area contributed by atoms with Crippen molar-refractivity contribution in [3.05, 3.63) is 47.3 Å². The first-order valence-electron chi connectivity index (χ1n) is 9.44. The van der Waals surface area contributed by atoms with Gasteiger partial charge < -0.3 is 4.57 Å². The van der Waals surface area contributed by atoms with Gasteiger partial charge in [0.25, 0.3) is 0 Å². The Balaban J connectivity index is 2.16. The van der Waals surface area contributed by atoms with Crippen LogP contribution in [0.2, 0.25) is 0 Å². The Morgan fingerprint density at radius 3 is 2.27 bits per heavy atom. The van der Waals surface area contributed by atoms with Crippen molar-refractivity contribution in [2.45, 2.75) is 64.8 Å². The van der Waals surface area contributed by atoms with Crippen molar-refractivity contribution in [3.63, 3.8) is 0 Å². The van der Waals surface area contributed by atoms with Crippen molar-refractivity contribution in [1.82, 2.24) is 14.5 Å². The molecule has 26 heavy (non-hydrogen) atoms. The predicted molar refractivity (Wildman–Crippen MR) is 106 cm³/mol. The van der Waals surface area contributed by atoms with Crippen LogP contribution in [0.4, 0.5) is 0 Å². The summed E-state index contributed by atoms with van der Waals surface area (Å²) < 4.78 is 26.6. The maximum absolute atomic E-state index is 12.3. The average molecular weight is 378 g/mol. The summed E-state index contributed by atoms with van der Waals surface area (Å²) in [6.07, 6.45) is 4.72. The van der Waals surface area contributed by atoms with Gasteiger partial charge in [0.1, 0.15) is 0 Å². The lowest BCUT2D eigenvalue weighted by Gasteiger charge is -2.19. The van der Waals surface area contributed by atoms with E-state index < -0.39 is 9.84 Å². The third-order valence-corrected chi connectivity index (χ3v) is 6.25. The van der Waals surface area contributed by atoms with Crippen LogP contribution in [-0.4, -0.2) is 35.7 Å². The predicted octanol–water partition coefficient (Wildman–Crippen LogP) is 3.67. The highest BCUT2D eigenvalue weighted by Gasteiger charge is 2.21. The number of hydrogen-bond acceptors (Lipinski definition) is 4. The maximum atomic E-state index is 12.3. The number of sulfone groups is 1. The van der Waals surface area contributed by atoms with E-state index in [0.29, 0.717) is 13.1 Å². The van der Waals surface area contributed by atoms with Gasteiger partial charge in [-0.2, -0.15) is 0 Å². The molecule has 1 aromatic carbocycles. The first-order chi connectivity index (χ1) is 12.4. The monoisotopic (exact) mass is 377 g/mol. The Bertz CT molecular complexity index is 795. The molecule has 0 N–H and O–H groups in total. The largest absolute Gasteiger partial charge is 0.318 e. The van der Waals surface area contributed by atoms with Crippen LogP contribution in [0.1, 0.15) is 50.4 Å². The summed E-state index contributed by atoms with van der Waals surface area (Å²) in [6, 6.07) is 8.66. The topological polar surface area (TPSA) is 55.2 Å². The molecule has 0 saturated carbocycles. The summed E-state index contributed by atoms with van der Waals surface area (Å²) >= 11 is 0. The molecule has 0 unspecified atom stereocenters. The van der Waals surface area contributed by atoms with E-state index in [2.05, 4.69) is 55.0 Å². The third kappa shape index (κ3) is 5.17. The molecule has 0 spiro atoms. The Labute approximate surface area is 158 Å². The van der Waals surface area contributed by atoms with Crippen molar-refractivity contribution in [1.29, 1.82) is 0 Å². The van der Waals surface area contributed by atoms with Gasteiger partial charge in [-0.1, -0.05) is 51.5 Å². The van der Waals surface area contributed by atoms with E-state index in [9.17, 15) is 8.42 Å². The molecule has 0 atom stereocenters. The molecule has 0 amide bonds. The highest BCUT2D eigenvalue weighted by atomic mass is 32.2. The lowest BCUT2D eigenvalue weighted by molar-refractivity contribution is 0.307. The van der Waals surface area contributed by atoms with Gasteiger partial charge in [-0.3, -0.25) is 4.90 Å². The number of unbranched alkanes of at least 4 members (excludes halogenated alkanes) is 1.